The van der Waals surface area contributed by atoms with E-state index in [4.69, 9.17) is 0 Å². The second-order valence-electron chi connectivity index (χ2n) is 4.09. The average Bonchev–Trinajstić information content (AvgIpc) is 2.30. The summed E-state index contributed by atoms with van der Waals surface area (Å²) in [5.74, 6) is -2.32. The van der Waals surface area contributed by atoms with E-state index in [2.05, 4.69) is 10.6 Å². The zero-order chi connectivity index (χ0) is 12.3. The number of hydrogen-bond acceptors (Lipinski definition) is 2. The fourth-order valence-electron chi connectivity index (χ4n) is 1.94. The van der Waals surface area contributed by atoms with E-state index in [0.29, 0.717) is 0 Å². The van der Waals surface area contributed by atoms with E-state index in [1.807, 2.05) is 0 Å². The average molecular weight is 277 g/mol. The van der Waals surface area contributed by atoms with E-state index in [0.717, 1.165) is 38.1 Å². The van der Waals surface area contributed by atoms with Gasteiger partial charge in [-0.1, -0.05) is 6.07 Å². The summed E-state index contributed by atoms with van der Waals surface area (Å²) >= 11 is 0. The summed E-state index contributed by atoms with van der Waals surface area (Å²) in [5, 5.41) is 5.81. The van der Waals surface area contributed by atoms with Gasteiger partial charge in [-0.05, 0) is 38.1 Å². The number of halogens is 3. The van der Waals surface area contributed by atoms with Crippen LogP contribution in [0.25, 0.3) is 0 Å². The first-order valence-electron chi connectivity index (χ1n) is 5.64. The Balaban J connectivity index is 0.00000162. The topological polar surface area (TPSA) is 41.1 Å². The highest BCUT2D eigenvalue weighted by Crippen LogP contribution is 2.13. The third-order valence-electron chi connectivity index (χ3n) is 2.86. The number of amides is 1. The van der Waals surface area contributed by atoms with Crippen LogP contribution >= 0.6 is 12.4 Å². The summed E-state index contributed by atoms with van der Waals surface area (Å²) < 4.78 is 26.7. The van der Waals surface area contributed by atoms with Gasteiger partial charge >= 0.3 is 0 Å². The summed E-state index contributed by atoms with van der Waals surface area (Å²) in [6.07, 6.45) is 1.56. The van der Waals surface area contributed by atoms with Crippen LogP contribution in [-0.2, 0) is 0 Å². The third-order valence-corrected chi connectivity index (χ3v) is 2.86. The van der Waals surface area contributed by atoms with E-state index in [1.54, 1.807) is 0 Å². The van der Waals surface area contributed by atoms with Crippen molar-refractivity contribution in [3.8, 4) is 0 Å². The Morgan fingerprint density at radius 3 is 2.33 bits per heavy atom. The first-order chi connectivity index (χ1) is 8.18. The van der Waals surface area contributed by atoms with Crippen molar-refractivity contribution in [3.63, 3.8) is 0 Å². The molecule has 0 radical (unpaired) electrons. The highest BCUT2D eigenvalue weighted by atomic mass is 35.5. The van der Waals surface area contributed by atoms with Crippen LogP contribution in [0.4, 0.5) is 8.78 Å². The molecule has 0 aliphatic carbocycles. The normalized spacial score (nSPS) is 15.9. The lowest BCUT2D eigenvalue weighted by atomic mass is 10.1. The van der Waals surface area contributed by atoms with Gasteiger partial charge in [0.25, 0.3) is 5.91 Å². The second kappa shape index (κ2) is 6.66. The van der Waals surface area contributed by atoms with Crippen LogP contribution in [0.3, 0.4) is 0 Å². The minimum Gasteiger partial charge on any atom is -0.349 e. The van der Waals surface area contributed by atoms with Crippen LogP contribution in [-0.4, -0.2) is 25.0 Å². The minimum absolute atomic E-state index is 0. The molecule has 0 spiro atoms. The molecule has 1 aromatic carbocycles. The quantitative estimate of drug-likeness (QED) is 0.866. The molecule has 100 valence electrons. The Kier molecular flexibility index (Phi) is 5.50. The van der Waals surface area contributed by atoms with Crippen molar-refractivity contribution in [2.45, 2.75) is 18.9 Å². The van der Waals surface area contributed by atoms with E-state index in [1.165, 1.54) is 6.07 Å². The Hall–Kier alpha value is -1.20. The van der Waals surface area contributed by atoms with Gasteiger partial charge in [-0.15, -0.1) is 12.4 Å². The molecule has 0 saturated carbocycles. The van der Waals surface area contributed by atoms with Crippen LogP contribution in [0.5, 0.6) is 0 Å². The van der Waals surface area contributed by atoms with Gasteiger partial charge in [-0.25, -0.2) is 8.78 Å². The zero-order valence-corrected chi connectivity index (χ0v) is 10.5. The van der Waals surface area contributed by atoms with E-state index >= 15 is 0 Å². The first-order valence-corrected chi connectivity index (χ1v) is 5.64. The van der Waals surface area contributed by atoms with Gasteiger partial charge in [0.15, 0.2) is 0 Å². The van der Waals surface area contributed by atoms with Gasteiger partial charge in [0.05, 0.1) is 0 Å². The maximum Gasteiger partial charge on any atom is 0.257 e. The number of benzene rings is 1. The molecule has 6 heteroatoms. The summed E-state index contributed by atoms with van der Waals surface area (Å²) in [7, 11) is 0. The Labute approximate surface area is 110 Å². The fourth-order valence-corrected chi connectivity index (χ4v) is 1.94. The number of carbonyl (C=O) groups excluding carboxylic acids is 1. The lowest BCUT2D eigenvalue weighted by Crippen LogP contribution is -2.43. The number of piperidine rings is 1. The van der Waals surface area contributed by atoms with E-state index in [-0.39, 0.29) is 18.4 Å². The predicted octanol–water partition coefficient (Wildman–Crippen LogP) is 1.87. The predicted molar refractivity (Wildman–Crippen MR) is 67.0 cm³/mol. The molecule has 2 rings (SSSR count). The van der Waals surface area contributed by atoms with Crippen molar-refractivity contribution in [2.24, 2.45) is 0 Å². The first kappa shape index (κ1) is 14.9. The lowest BCUT2D eigenvalue weighted by Gasteiger charge is -2.23. The van der Waals surface area contributed by atoms with Crippen LogP contribution in [0.2, 0.25) is 0 Å². The summed E-state index contributed by atoms with van der Waals surface area (Å²) in [5.41, 5.74) is -0.494. The Morgan fingerprint density at radius 1 is 1.22 bits per heavy atom. The molecule has 18 heavy (non-hydrogen) atoms. The highest BCUT2D eigenvalue weighted by Gasteiger charge is 2.21. The molecular weight excluding hydrogens is 262 g/mol. The van der Waals surface area contributed by atoms with Gasteiger partial charge in [0, 0.05) is 6.04 Å². The highest BCUT2D eigenvalue weighted by molar-refractivity contribution is 5.94. The summed E-state index contributed by atoms with van der Waals surface area (Å²) in [4.78, 5) is 11.7. The molecule has 0 bridgehead atoms. The van der Waals surface area contributed by atoms with Crippen molar-refractivity contribution < 1.29 is 13.6 Å². The van der Waals surface area contributed by atoms with Gasteiger partial charge in [0.2, 0.25) is 0 Å². The lowest BCUT2D eigenvalue weighted by molar-refractivity contribution is 0.0921. The zero-order valence-electron chi connectivity index (χ0n) is 9.71. The number of carbonyl (C=O) groups is 1. The van der Waals surface area contributed by atoms with Gasteiger partial charge < -0.3 is 10.6 Å². The van der Waals surface area contributed by atoms with Crippen LogP contribution < -0.4 is 10.6 Å². The standard InChI is InChI=1S/C12H14F2N2O.ClH/c13-9-2-1-3-10(14)11(9)12(17)16-8-4-6-15-7-5-8;/h1-3,8,15H,4-7H2,(H,16,17);1H. The van der Waals surface area contributed by atoms with Gasteiger partial charge in [-0.2, -0.15) is 0 Å². The molecule has 1 aromatic rings. The number of hydrogen-bond donors (Lipinski definition) is 2. The third kappa shape index (κ3) is 3.40. The van der Waals surface area contributed by atoms with E-state index in [9.17, 15) is 13.6 Å². The largest absolute Gasteiger partial charge is 0.349 e. The molecule has 1 saturated heterocycles. The number of nitrogens with one attached hydrogen (secondary N) is 2. The molecule has 3 nitrogen and oxygen atoms in total. The van der Waals surface area contributed by atoms with Crippen LogP contribution in [0.15, 0.2) is 18.2 Å². The van der Waals surface area contributed by atoms with E-state index < -0.39 is 23.1 Å². The summed E-state index contributed by atoms with van der Waals surface area (Å²) in [6, 6.07) is 3.40. The molecule has 1 heterocycles. The Morgan fingerprint density at radius 2 is 1.78 bits per heavy atom. The SMILES string of the molecule is Cl.O=C(NC1CCNCC1)c1c(F)cccc1F. The molecule has 0 aromatic heterocycles. The molecule has 0 unspecified atom stereocenters. The van der Waals surface area contributed by atoms with Crippen molar-refractivity contribution in [1.29, 1.82) is 0 Å². The van der Waals surface area contributed by atoms with Gasteiger partial charge in [0.1, 0.15) is 17.2 Å². The fraction of sp³-hybridized carbons (Fsp3) is 0.417. The molecule has 2 N–H and O–H groups in total. The Bertz CT molecular complexity index is 402. The van der Waals surface area contributed by atoms with Crippen LogP contribution in [0.1, 0.15) is 23.2 Å². The molecular formula is C12H15ClF2N2O. The maximum atomic E-state index is 13.3. The molecule has 0 atom stereocenters. The van der Waals surface area contributed by atoms with Crippen molar-refractivity contribution in [1.82, 2.24) is 10.6 Å². The molecule has 1 amide bonds. The maximum absolute atomic E-state index is 13.3. The second-order valence-corrected chi connectivity index (χ2v) is 4.09. The van der Waals surface area contributed by atoms with Gasteiger partial charge in [-0.3, -0.25) is 4.79 Å². The molecule has 1 aliphatic heterocycles. The van der Waals surface area contributed by atoms with Crippen molar-refractivity contribution >= 4 is 18.3 Å². The van der Waals surface area contributed by atoms with Crippen molar-refractivity contribution in [3.05, 3.63) is 35.4 Å². The van der Waals surface area contributed by atoms with Crippen LogP contribution in [0, 0.1) is 11.6 Å². The monoisotopic (exact) mass is 276 g/mol. The smallest absolute Gasteiger partial charge is 0.257 e. The summed E-state index contributed by atoms with van der Waals surface area (Å²) in [6.45, 7) is 1.62. The number of rotatable bonds is 2. The van der Waals surface area contributed by atoms with Crippen molar-refractivity contribution in [2.75, 3.05) is 13.1 Å². The minimum atomic E-state index is -0.823. The molecule has 1 fully saturated rings. The molecule has 1 aliphatic rings.